The zero-order chi connectivity index (χ0) is 19.1. The molecule has 138 valence electrons. The van der Waals surface area contributed by atoms with E-state index in [1.807, 2.05) is 39.0 Å². The molecule has 0 atom stereocenters. The Morgan fingerprint density at radius 2 is 1.62 bits per heavy atom. The van der Waals surface area contributed by atoms with Crippen molar-refractivity contribution in [3.63, 3.8) is 0 Å². The third-order valence-corrected chi connectivity index (χ3v) is 3.92. The fraction of sp³-hybridized carbons (Fsp3) is 0.300. The first kappa shape index (κ1) is 19.8. The van der Waals surface area contributed by atoms with Crippen LogP contribution in [0.1, 0.15) is 25.8 Å². The maximum Gasteiger partial charge on any atom is 0.243 e. The van der Waals surface area contributed by atoms with Gasteiger partial charge in [-0.1, -0.05) is 31.5 Å². The van der Waals surface area contributed by atoms with E-state index in [2.05, 4.69) is 16.0 Å². The van der Waals surface area contributed by atoms with Gasteiger partial charge in [-0.05, 0) is 54.8 Å². The maximum atomic E-state index is 12.1. The van der Waals surface area contributed by atoms with E-state index in [4.69, 9.17) is 11.6 Å². The quantitative estimate of drug-likeness (QED) is 0.659. The Balaban J connectivity index is 1.84. The lowest BCUT2D eigenvalue weighted by Gasteiger charge is -2.11. The van der Waals surface area contributed by atoms with Crippen LogP contribution in [0.3, 0.4) is 0 Å². The first-order valence-electron chi connectivity index (χ1n) is 8.53. The minimum atomic E-state index is -0.162. The van der Waals surface area contributed by atoms with Crippen LogP contribution >= 0.6 is 11.6 Å². The standard InChI is InChI=1S/C20H24ClN3O2/c1-13(2)10-19(25)23-17-8-6-16(7-9-17)22-12-20(26)24-18-11-15(21)5-4-14(18)3/h4-9,11,13,22H,10,12H2,1-3H3,(H,23,25)(H,24,26). The van der Waals surface area contributed by atoms with Gasteiger partial charge < -0.3 is 16.0 Å². The number of nitrogens with one attached hydrogen (secondary N) is 3. The highest BCUT2D eigenvalue weighted by atomic mass is 35.5. The first-order chi connectivity index (χ1) is 12.3. The summed E-state index contributed by atoms with van der Waals surface area (Å²) in [6.45, 7) is 6.04. The molecule has 2 amide bonds. The van der Waals surface area contributed by atoms with E-state index < -0.39 is 0 Å². The van der Waals surface area contributed by atoms with Crippen molar-refractivity contribution in [2.45, 2.75) is 27.2 Å². The molecule has 0 aliphatic rings. The van der Waals surface area contributed by atoms with Crippen LogP contribution in [0.15, 0.2) is 42.5 Å². The highest BCUT2D eigenvalue weighted by molar-refractivity contribution is 6.31. The van der Waals surface area contributed by atoms with Crippen LogP contribution in [0.5, 0.6) is 0 Å². The Labute approximate surface area is 159 Å². The third-order valence-electron chi connectivity index (χ3n) is 3.69. The van der Waals surface area contributed by atoms with Gasteiger partial charge in [0.1, 0.15) is 0 Å². The number of hydrogen-bond donors (Lipinski definition) is 3. The summed E-state index contributed by atoms with van der Waals surface area (Å²) in [5, 5.41) is 9.32. The molecule has 0 spiro atoms. The van der Waals surface area contributed by atoms with Crippen LogP contribution < -0.4 is 16.0 Å². The number of aryl methyl sites for hydroxylation is 1. The fourth-order valence-corrected chi connectivity index (χ4v) is 2.53. The number of carbonyl (C=O) groups is 2. The van der Waals surface area contributed by atoms with E-state index in [0.29, 0.717) is 23.0 Å². The zero-order valence-electron chi connectivity index (χ0n) is 15.2. The number of benzene rings is 2. The van der Waals surface area contributed by atoms with Gasteiger partial charge in [-0.25, -0.2) is 0 Å². The van der Waals surface area contributed by atoms with E-state index in [9.17, 15) is 9.59 Å². The van der Waals surface area contributed by atoms with Crippen molar-refractivity contribution in [3.05, 3.63) is 53.1 Å². The van der Waals surface area contributed by atoms with Gasteiger partial charge in [0.25, 0.3) is 0 Å². The molecule has 0 fully saturated rings. The lowest BCUT2D eigenvalue weighted by molar-refractivity contribution is -0.117. The van der Waals surface area contributed by atoms with Gasteiger partial charge in [-0.15, -0.1) is 0 Å². The van der Waals surface area contributed by atoms with Crippen LogP contribution in [0.2, 0.25) is 5.02 Å². The molecule has 2 rings (SSSR count). The highest BCUT2D eigenvalue weighted by Gasteiger charge is 2.07. The predicted octanol–water partition coefficient (Wildman–Crippen LogP) is 4.68. The average Bonchev–Trinajstić information content (AvgIpc) is 2.57. The molecule has 0 aliphatic heterocycles. The average molecular weight is 374 g/mol. The summed E-state index contributed by atoms with van der Waals surface area (Å²) in [6.07, 6.45) is 0.489. The molecule has 0 saturated heterocycles. The van der Waals surface area contributed by atoms with Crippen molar-refractivity contribution in [2.24, 2.45) is 5.92 Å². The Morgan fingerprint density at radius 1 is 0.962 bits per heavy atom. The van der Waals surface area contributed by atoms with Crippen LogP contribution in [0.4, 0.5) is 17.1 Å². The highest BCUT2D eigenvalue weighted by Crippen LogP contribution is 2.20. The van der Waals surface area contributed by atoms with Crippen molar-refractivity contribution in [3.8, 4) is 0 Å². The molecular weight excluding hydrogens is 350 g/mol. The molecule has 0 unspecified atom stereocenters. The first-order valence-corrected chi connectivity index (χ1v) is 8.91. The van der Waals surface area contributed by atoms with Crippen molar-refractivity contribution in [1.29, 1.82) is 0 Å². The molecule has 0 saturated carbocycles. The summed E-state index contributed by atoms with van der Waals surface area (Å²) in [5.74, 6) is 0.152. The molecule has 0 aromatic heterocycles. The Bertz CT molecular complexity index is 773. The molecular formula is C20H24ClN3O2. The van der Waals surface area contributed by atoms with Gasteiger partial charge in [-0.3, -0.25) is 9.59 Å². The van der Waals surface area contributed by atoms with Crippen molar-refractivity contribution >= 4 is 40.5 Å². The minimum Gasteiger partial charge on any atom is -0.376 e. The second kappa shape index (κ2) is 9.25. The topological polar surface area (TPSA) is 70.2 Å². The van der Waals surface area contributed by atoms with Gasteiger partial charge in [0.2, 0.25) is 11.8 Å². The molecule has 0 heterocycles. The molecule has 2 aromatic carbocycles. The zero-order valence-corrected chi connectivity index (χ0v) is 16.0. The summed E-state index contributed by atoms with van der Waals surface area (Å²) in [6, 6.07) is 12.6. The van der Waals surface area contributed by atoms with Crippen molar-refractivity contribution in [2.75, 3.05) is 22.5 Å². The normalized spacial score (nSPS) is 10.5. The SMILES string of the molecule is Cc1ccc(Cl)cc1NC(=O)CNc1ccc(NC(=O)CC(C)C)cc1. The Kier molecular flexibility index (Phi) is 7.04. The van der Waals surface area contributed by atoms with Crippen molar-refractivity contribution < 1.29 is 9.59 Å². The Hall–Kier alpha value is -2.53. The number of halogens is 1. The number of rotatable bonds is 7. The van der Waals surface area contributed by atoms with Crippen LogP contribution in [0.25, 0.3) is 0 Å². The van der Waals surface area contributed by atoms with E-state index in [0.717, 1.165) is 16.9 Å². The summed E-state index contributed by atoms with van der Waals surface area (Å²) in [4.78, 5) is 23.8. The fourth-order valence-electron chi connectivity index (χ4n) is 2.36. The molecule has 26 heavy (non-hydrogen) atoms. The van der Waals surface area contributed by atoms with Gasteiger partial charge in [0, 0.05) is 28.5 Å². The summed E-state index contributed by atoms with van der Waals surface area (Å²) < 4.78 is 0. The molecule has 0 radical (unpaired) electrons. The van der Waals surface area contributed by atoms with E-state index in [-0.39, 0.29) is 18.4 Å². The molecule has 2 aromatic rings. The van der Waals surface area contributed by atoms with Gasteiger partial charge in [0.15, 0.2) is 0 Å². The third kappa shape index (κ3) is 6.41. The maximum absolute atomic E-state index is 12.1. The molecule has 5 nitrogen and oxygen atoms in total. The molecule has 3 N–H and O–H groups in total. The minimum absolute atomic E-state index is 0.00280. The van der Waals surface area contributed by atoms with E-state index >= 15 is 0 Å². The summed E-state index contributed by atoms with van der Waals surface area (Å²) >= 11 is 5.95. The largest absolute Gasteiger partial charge is 0.376 e. The summed E-state index contributed by atoms with van der Waals surface area (Å²) in [7, 11) is 0. The van der Waals surface area contributed by atoms with Crippen molar-refractivity contribution in [1.82, 2.24) is 0 Å². The van der Waals surface area contributed by atoms with Gasteiger partial charge in [-0.2, -0.15) is 0 Å². The second-order valence-electron chi connectivity index (χ2n) is 6.58. The smallest absolute Gasteiger partial charge is 0.243 e. The lowest BCUT2D eigenvalue weighted by atomic mass is 10.1. The number of carbonyl (C=O) groups excluding carboxylic acids is 2. The van der Waals surface area contributed by atoms with Gasteiger partial charge >= 0.3 is 0 Å². The van der Waals surface area contributed by atoms with E-state index in [1.54, 1.807) is 24.3 Å². The summed E-state index contributed by atoms with van der Waals surface area (Å²) in [5.41, 5.74) is 3.18. The number of hydrogen-bond acceptors (Lipinski definition) is 3. The molecule has 0 aliphatic carbocycles. The number of anilines is 3. The van der Waals surface area contributed by atoms with Crippen LogP contribution in [0, 0.1) is 12.8 Å². The van der Waals surface area contributed by atoms with Crippen LogP contribution in [-0.2, 0) is 9.59 Å². The second-order valence-corrected chi connectivity index (χ2v) is 7.02. The predicted molar refractivity (Wildman–Crippen MR) is 108 cm³/mol. The van der Waals surface area contributed by atoms with Crippen LogP contribution in [-0.4, -0.2) is 18.4 Å². The van der Waals surface area contributed by atoms with Gasteiger partial charge in [0.05, 0.1) is 6.54 Å². The number of amides is 2. The molecule has 6 heteroatoms. The monoisotopic (exact) mass is 373 g/mol. The molecule has 0 bridgehead atoms. The Morgan fingerprint density at radius 3 is 2.27 bits per heavy atom. The van der Waals surface area contributed by atoms with E-state index in [1.165, 1.54) is 0 Å². The lowest BCUT2D eigenvalue weighted by Crippen LogP contribution is -2.22.